The first-order valence-electron chi connectivity index (χ1n) is 7.27. The summed E-state index contributed by atoms with van der Waals surface area (Å²) in [4.78, 5) is 16.3. The Morgan fingerprint density at radius 3 is 2.63 bits per heavy atom. The van der Waals surface area contributed by atoms with Gasteiger partial charge in [-0.3, -0.25) is 14.4 Å². The Kier molecular flexibility index (Phi) is 5.39. The maximum absolute atomic E-state index is 11.9. The molecule has 1 amide bonds. The van der Waals surface area contributed by atoms with Crippen LogP contribution in [0.4, 0.5) is 0 Å². The van der Waals surface area contributed by atoms with Crippen LogP contribution in [0.5, 0.6) is 0 Å². The van der Waals surface area contributed by atoms with Gasteiger partial charge in [-0.1, -0.05) is 13.3 Å². The first-order chi connectivity index (χ1) is 9.29. The van der Waals surface area contributed by atoms with Gasteiger partial charge in [0, 0.05) is 51.5 Å². The summed E-state index contributed by atoms with van der Waals surface area (Å²) < 4.78 is 1.96. The number of carbonyl (C=O) groups excluding carboxylic acids is 1. The van der Waals surface area contributed by atoms with Crippen molar-refractivity contribution in [2.75, 3.05) is 32.7 Å². The molecule has 1 aliphatic heterocycles. The third-order valence-corrected chi connectivity index (χ3v) is 3.67. The van der Waals surface area contributed by atoms with Crippen molar-refractivity contribution in [2.24, 2.45) is 0 Å². The topological polar surface area (TPSA) is 41.4 Å². The summed E-state index contributed by atoms with van der Waals surface area (Å²) >= 11 is 0. The highest BCUT2D eigenvalue weighted by molar-refractivity contribution is 5.76. The molecule has 1 aromatic heterocycles. The molecule has 0 saturated carbocycles. The van der Waals surface area contributed by atoms with Crippen LogP contribution in [0.1, 0.15) is 26.2 Å². The van der Waals surface area contributed by atoms with Crippen LogP contribution in [0.3, 0.4) is 0 Å². The molecule has 2 heterocycles. The molecule has 1 aliphatic rings. The number of hydrogen-bond acceptors (Lipinski definition) is 3. The number of piperazine rings is 1. The van der Waals surface area contributed by atoms with Gasteiger partial charge < -0.3 is 4.90 Å². The zero-order valence-electron chi connectivity index (χ0n) is 11.8. The molecule has 19 heavy (non-hydrogen) atoms. The summed E-state index contributed by atoms with van der Waals surface area (Å²) in [7, 11) is 0. The number of nitrogens with zero attached hydrogens (tertiary/aromatic N) is 4. The number of hydrogen-bond donors (Lipinski definition) is 0. The first kappa shape index (κ1) is 14.1. The van der Waals surface area contributed by atoms with E-state index in [0.29, 0.717) is 12.3 Å². The van der Waals surface area contributed by atoms with E-state index in [1.165, 1.54) is 0 Å². The predicted molar refractivity (Wildman–Crippen MR) is 74.8 cm³/mol. The highest BCUT2D eigenvalue weighted by Gasteiger charge is 2.20. The molecule has 106 valence electrons. The molecule has 1 aromatic rings. The van der Waals surface area contributed by atoms with Crippen molar-refractivity contribution >= 4 is 5.91 Å². The first-order valence-corrected chi connectivity index (χ1v) is 7.27. The van der Waals surface area contributed by atoms with Crippen molar-refractivity contribution in [3.05, 3.63) is 18.5 Å². The van der Waals surface area contributed by atoms with E-state index in [-0.39, 0.29) is 0 Å². The summed E-state index contributed by atoms with van der Waals surface area (Å²) in [5, 5.41) is 4.20. The molecule has 0 bridgehead atoms. The average molecular weight is 264 g/mol. The van der Waals surface area contributed by atoms with E-state index in [4.69, 9.17) is 0 Å². The molecule has 5 heteroatoms. The summed E-state index contributed by atoms with van der Waals surface area (Å²) in [6, 6.07) is 1.95. The zero-order chi connectivity index (χ0) is 13.5. The largest absolute Gasteiger partial charge is 0.340 e. The van der Waals surface area contributed by atoms with Gasteiger partial charge in [-0.05, 0) is 12.5 Å². The highest BCUT2D eigenvalue weighted by Crippen LogP contribution is 2.06. The van der Waals surface area contributed by atoms with E-state index in [1.54, 1.807) is 0 Å². The molecule has 5 nitrogen and oxygen atoms in total. The summed E-state index contributed by atoms with van der Waals surface area (Å²) in [5.74, 6) is 0.327. The Morgan fingerprint density at radius 2 is 2.00 bits per heavy atom. The van der Waals surface area contributed by atoms with Crippen molar-refractivity contribution in [3.63, 3.8) is 0 Å². The van der Waals surface area contributed by atoms with E-state index in [2.05, 4.69) is 16.9 Å². The lowest BCUT2D eigenvalue weighted by Gasteiger charge is -2.34. The molecule has 1 saturated heterocycles. The van der Waals surface area contributed by atoms with Crippen molar-refractivity contribution in [3.8, 4) is 0 Å². The Hall–Kier alpha value is -1.36. The van der Waals surface area contributed by atoms with Crippen LogP contribution in [0.15, 0.2) is 18.5 Å². The van der Waals surface area contributed by atoms with Crippen molar-refractivity contribution in [2.45, 2.75) is 32.7 Å². The van der Waals surface area contributed by atoms with E-state index >= 15 is 0 Å². The standard InChI is InChI=1S/C14H24N4O/c1-2-3-5-14(19)17-11-8-16(9-12-17)10-13-18-7-4-6-15-18/h4,6-7H,2-3,5,8-13H2,1H3. The number of rotatable bonds is 6. The number of carbonyl (C=O) groups is 1. The molecule has 0 atom stereocenters. The Balaban J connectivity index is 1.66. The lowest BCUT2D eigenvalue weighted by atomic mass is 10.2. The van der Waals surface area contributed by atoms with E-state index < -0.39 is 0 Å². The number of aromatic nitrogens is 2. The van der Waals surface area contributed by atoms with E-state index in [0.717, 1.165) is 52.1 Å². The molecule has 0 radical (unpaired) electrons. The third-order valence-electron chi connectivity index (χ3n) is 3.67. The molecule has 0 aromatic carbocycles. The fourth-order valence-corrected chi connectivity index (χ4v) is 2.38. The molecular weight excluding hydrogens is 240 g/mol. The Morgan fingerprint density at radius 1 is 1.21 bits per heavy atom. The SMILES string of the molecule is CCCCC(=O)N1CCN(CCn2cccn2)CC1. The maximum Gasteiger partial charge on any atom is 0.222 e. The highest BCUT2D eigenvalue weighted by atomic mass is 16.2. The van der Waals surface area contributed by atoms with Gasteiger partial charge in [-0.25, -0.2) is 0 Å². The van der Waals surface area contributed by atoms with E-state index in [1.807, 2.05) is 28.0 Å². The molecule has 0 unspecified atom stereocenters. The van der Waals surface area contributed by atoms with Gasteiger partial charge in [-0.15, -0.1) is 0 Å². The lowest BCUT2D eigenvalue weighted by molar-refractivity contribution is -0.133. The van der Waals surface area contributed by atoms with Gasteiger partial charge in [0.25, 0.3) is 0 Å². The molecule has 0 spiro atoms. The van der Waals surface area contributed by atoms with Crippen molar-refractivity contribution in [1.29, 1.82) is 0 Å². The summed E-state index contributed by atoms with van der Waals surface area (Å²) in [6.07, 6.45) is 6.62. The molecule has 1 fully saturated rings. The number of unbranched alkanes of at least 4 members (excludes halogenated alkanes) is 1. The van der Waals surface area contributed by atoms with Crippen LogP contribution in [-0.2, 0) is 11.3 Å². The minimum Gasteiger partial charge on any atom is -0.340 e. The van der Waals surface area contributed by atoms with Gasteiger partial charge >= 0.3 is 0 Å². The molecule has 0 aliphatic carbocycles. The fourth-order valence-electron chi connectivity index (χ4n) is 2.38. The second-order valence-corrected chi connectivity index (χ2v) is 5.10. The monoisotopic (exact) mass is 264 g/mol. The van der Waals surface area contributed by atoms with Gasteiger partial charge in [0.2, 0.25) is 5.91 Å². The normalized spacial score (nSPS) is 16.8. The van der Waals surface area contributed by atoms with Crippen molar-refractivity contribution in [1.82, 2.24) is 19.6 Å². The van der Waals surface area contributed by atoms with Crippen LogP contribution in [-0.4, -0.2) is 58.2 Å². The van der Waals surface area contributed by atoms with Gasteiger partial charge in [0.15, 0.2) is 0 Å². The van der Waals surface area contributed by atoms with E-state index in [9.17, 15) is 4.79 Å². The molecule has 0 N–H and O–H groups in total. The maximum atomic E-state index is 11.9. The van der Waals surface area contributed by atoms with Crippen LogP contribution >= 0.6 is 0 Å². The Labute approximate surface area is 115 Å². The van der Waals surface area contributed by atoms with Crippen molar-refractivity contribution < 1.29 is 4.79 Å². The Bertz CT molecular complexity index is 369. The minimum atomic E-state index is 0.327. The quantitative estimate of drug-likeness (QED) is 0.775. The second-order valence-electron chi connectivity index (χ2n) is 5.10. The summed E-state index contributed by atoms with van der Waals surface area (Å²) in [5.41, 5.74) is 0. The molecule has 2 rings (SSSR count). The van der Waals surface area contributed by atoms with Crippen LogP contribution < -0.4 is 0 Å². The fraction of sp³-hybridized carbons (Fsp3) is 0.714. The van der Waals surface area contributed by atoms with Crippen LogP contribution in [0.2, 0.25) is 0 Å². The van der Waals surface area contributed by atoms with Gasteiger partial charge in [0.1, 0.15) is 0 Å². The summed E-state index contributed by atoms with van der Waals surface area (Å²) in [6.45, 7) is 7.79. The third kappa shape index (κ3) is 4.35. The van der Waals surface area contributed by atoms with Crippen LogP contribution in [0.25, 0.3) is 0 Å². The zero-order valence-corrected chi connectivity index (χ0v) is 11.8. The predicted octanol–water partition coefficient (Wildman–Crippen LogP) is 1.22. The lowest BCUT2D eigenvalue weighted by Crippen LogP contribution is -2.49. The minimum absolute atomic E-state index is 0.327. The van der Waals surface area contributed by atoms with Gasteiger partial charge in [0.05, 0.1) is 6.54 Å². The molecular formula is C14H24N4O. The van der Waals surface area contributed by atoms with Gasteiger partial charge in [-0.2, -0.15) is 5.10 Å². The smallest absolute Gasteiger partial charge is 0.222 e. The number of amides is 1. The second kappa shape index (κ2) is 7.28. The average Bonchev–Trinajstić information content (AvgIpc) is 2.96. The van der Waals surface area contributed by atoms with Crippen LogP contribution in [0, 0.1) is 0 Å².